The summed E-state index contributed by atoms with van der Waals surface area (Å²) in [4.78, 5) is 12.6. The van der Waals surface area contributed by atoms with Crippen LogP contribution >= 0.6 is 27.5 Å². The quantitative estimate of drug-likeness (QED) is 0.843. The van der Waals surface area contributed by atoms with Crippen LogP contribution in [0.1, 0.15) is 13.8 Å². The van der Waals surface area contributed by atoms with E-state index in [2.05, 4.69) is 35.7 Å². The number of hydrogen-bond acceptors (Lipinski definition) is 5. The Kier molecular flexibility index (Phi) is 4.66. The molecule has 1 N–H and O–H groups in total. The van der Waals surface area contributed by atoms with Crippen molar-refractivity contribution in [2.45, 2.75) is 19.4 Å². The maximum Gasteiger partial charge on any atom is 0.224 e. The molecule has 0 bridgehead atoms. The van der Waals surface area contributed by atoms with E-state index in [0.717, 1.165) is 36.5 Å². The number of hydrogen-bond donors (Lipinski definition) is 1. The van der Waals surface area contributed by atoms with Gasteiger partial charge in [0.05, 0.1) is 10.1 Å². The number of rotatable bonds is 3. The molecule has 0 aliphatic carbocycles. The SMILES string of the molecule is CC(C)(O)CN1CCN(c2nc(Cl)ncc2Br)CC1. The highest BCUT2D eigenvalue weighted by Gasteiger charge is 2.24. The number of β-amino-alcohol motifs (C(OH)–C–C–N with tert-alkyl or cyclic N) is 1. The van der Waals surface area contributed by atoms with Crippen molar-refractivity contribution in [2.24, 2.45) is 0 Å². The van der Waals surface area contributed by atoms with Crippen molar-refractivity contribution in [1.82, 2.24) is 14.9 Å². The second kappa shape index (κ2) is 5.91. The Balaban J connectivity index is 1.98. The zero-order chi connectivity index (χ0) is 14.0. The van der Waals surface area contributed by atoms with Gasteiger partial charge in [0.15, 0.2) is 0 Å². The van der Waals surface area contributed by atoms with Gasteiger partial charge >= 0.3 is 0 Å². The molecule has 19 heavy (non-hydrogen) atoms. The minimum absolute atomic E-state index is 0.261. The van der Waals surface area contributed by atoms with E-state index in [0.29, 0.717) is 6.54 Å². The molecule has 1 aliphatic rings. The van der Waals surface area contributed by atoms with E-state index in [1.165, 1.54) is 0 Å². The molecular weight excluding hydrogens is 332 g/mol. The van der Waals surface area contributed by atoms with Crippen molar-refractivity contribution in [3.8, 4) is 0 Å². The molecule has 1 saturated heterocycles. The lowest BCUT2D eigenvalue weighted by Gasteiger charge is -2.38. The predicted molar refractivity (Wildman–Crippen MR) is 79.7 cm³/mol. The Morgan fingerprint density at radius 1 is 1.37 bits per heavy atom. The average Bonchev–Trinajstić information content (AvgIpc) is 2.31. The van der Waals surface area contributed by atoms with Gasteiger partial charge in [-0.1, -0.05) is 0 Å². The molecule has 1 fully saturated rings. The van der Waals surface area contributed by atoms with Gasteiger partial charge in [0.1, 0.15) is 5.82 Å². The van der Waals surface area contributed by atoms with Crippen LogP contribution in [0.25, 0.3) is 0 Å². The lowest BCUT2D eigenvalue weighted by atomic mass is 10.1. The highest BCUT2D eigenvalue weighted by molar-refractivity contribution is 9.10. The van der Waals surface area contributed by atoms with E-state index in [-0.39, 0.29) is 5.28 Å². The van der Waals surface area contributed by atoms with Gasteiger partial charge in [0.25, 0.3) is 0 Å². The Morgan fingerprint density at radius 2 is 2.00 bits per heavy atom. The van der Waals surface area contributed by atoms with Crippen LogP contribution in [0.2, 0.25) is 5.28 Å². The van der Waals surface area contributed by atoms with Crippen LogP contribution in [0.3, 0.4) is 0 Å². The maximum absolute atomic E-state index is 9.83. The first-order valence-corrected chi connectivity index (χ1v) is 7.40. The molecule has 2 rings (SSSR count). The van der Waals surface area contributed by atoms with Crippen LogP contribution < -0.4 is 4.90 Å². The third-order valence-corrected chi connectivity index (χ3v) is 3.72. The Hall–Kier alpha value is -0.430. The van der Waals surface area contributed by atoms with Crippen LogP contribution in [-0.4, -0.2) is 58.3 Å². The van der Waals surface area contributed by atoms with Gasteiger partial charge < -0.3 is 10.0 Å². The van der Waals surface area contributed by atoms with Gasteiger partial charge in [0.2, 0.25) is 5.28 Å². The molecule has 1 aromatic rings. The summed E-state index contributed by atoms with van der Waals surface area (Å²) in [5.74, 6) is 0.836. The van der Waals surface area contributed by atoms with Gasteiger partial charge in [-0.3, -0.25) is 4.90 Å². The van der Waals surface area contributed by atoms with Crippen molar-refractivity contribution < 1.29 is 5.11 Å². The fourth-order valence-electron chi connectivity index (χ4n) is 2.22. The average molecular weight is 350 g/mol. The molecule has 0 spiro atoms. The van der Waals surface area contributed by atoms with E-state index in [1.807, 2.05) is 13.8 Å². The van der Waals surface area contributed by atoms with Crippen LogP contribution in [0.5, 0.6) is 0 Å². The monoisotopic (exact) mass is 348 g/mol. The number of halogens is 2. The lowest BCUT2D eigenvalue weighted by molar-refractivity contribution is 0.0344. The van der Waals surface area contributed by atoms with Gasteiger partial charge in [-0.05, 0) is 41.4 Å². The van der Waals surface area contributed by atoms with Crippen molar-refractivity contribution >= 4 is 33.3 Å². The minimum Gasteiger partial charge on any atom is -0.389 e. The number of aliphatic hydroxyl groups is 1. The van der Waals surface area contributed by atoms with Crippen molar-refractivity contribution in [1.29, 1.82) is 0 Å². The van der Waals surface area contributed by atoms with Gasteiger partial charge in [-0.25, -0.2) is 4.98 Å². The number of piperazine rings is 1. The third kappa shape index (κ3) is 4.27. The standard InChI is InChI=1S/C12H18BrClN4O/c1-12(2,19)8-17-3-5-18(6-4-17)10-9(13)7-15-11(14)16-10/h7,19H,3-6,8H2,1-2H3. The molecule has 0 atom stereocenters. The summed E-state index contributed by atoms with van der Waals surface area (Å²) in [5, 5.41) is 10.1. The summed E-state index contributed by atoms with van der Waals surface area (Å²) < 4.78 is 0.854. The first kappa shape index (κ1) is 15.0. The highest BCUT2D eigenvalue weighted by atomic mass is 79.9. The fourth-order valence-corrected chi connectivity index (χ4v) is 2.79. The molecule has 1 aromatic heterocycles. The molecular formula is C12H18BrClN4O. The van der Waals surface area contributed by atoms with Gasteiger partial charge in [0, 0.05) is 38.9 Å². The molecule has 7 heteroatoms. The van der Waals surface area contributed by atoms with Crippen molar-refractivity contribution in [3.05, 3.63) is 16.0 Å². The second-order valence-electron chi connectivity index (χ2n) is 5.39. The Bertz CT molecular complexity index is 444. The maximum atomic E-state index is 9.83. The van der Waals surface area contributed by atoms with E-state index >= 15 is 0 Å². The van der Waals surface area contributed by atoms with Gasteiger partial charge in [-0.2, -0.15) is 4.98 Å². The van der Waals surface area contributed by atoms with Crippen molar-refractivity contribution in [3.63, 3.8) is 0 Å². The summed E-state index contributed by atoms with van der Waals surface area (Å²) in [6.45, 7) is 7.88. The molecule has 0 radical (unpaired) electrons. The second-order valence-corrected chi connectivity index (χ2v) is 6.58. The molecule has 0 aromatic carbocycles. The predicted octanol–water partition coefficient (Wildman–Crippen LogP) is 1.79. The Morgan fingerprint density at radius 3 is 2.58 bits per heavy atom. The molecule has 106 valence electrons. The molecule has 5 nitrogen and oxygen atoms in total. The minimum atomic E-state index is -0.652. The molecule has 0 saturated carbocycles. The number of nitrogens with zero attached hydrogens (tertiary/aromatic N) is 4. The zero-order valence-corrected chi connectivity index (χ0v) is 13.4. The fraction of sp³-hybridized carbons (Fsp3) is 0.667. The summed E-state index contributed by atoms with van der Waals surface area (Å²) in [5.41, 5.74) is -0.652. The van der Waals surface area contributed by atoms with E-state index < -0.39 is 5.60 Å². The van der Waals surface area contributed by atoms with Crippen molar-refractivity contribution in [2.75, 3.05) is 37.6 Å². The summed E-state index contributed by atoms with van der Waals surface area (Å²) >= 11 is 9.29. The third-order valence-electron chi connectivity index (χ3n) is 2.98. The Labute approximate surface area is 126 Å². The largest absolute Gasteiger partial charge is 0.389 e. The zero-order valence-electron chi connectivity index (χ0n) is 11.1. The molecule has 2 heterocycles. The first-order chi connectivity index (χ1) is 8.85. The molecule has 0 unspecified atom stereocenters. The molecule has 0 amide bonds. The highest BCUT2D eigenvalue weighted by Crippen LogP contribution is 2.25. The van der Waals surface area contributed by atoms with Crippen LogP contribution in [-0.2, 0) is 0 Å². The lowest BCUT2D eigenvalue weighted by Crippen LogP contribution is -2.50. The smallest absolute Gasteiger partial charge is 0.224 e. The number of aromatic nitrogens is 2. The van der Waals surface area contributed by atoms with Gasteiger partial charge in [-0.15, -0.1) is 0 Å². The van der Waals surface area contributed by atoms with Crippen LogP contribution in [0, 0.1) is 0 Å². The van der Waals surface area contributed by atoms with E-state index in [9.17, 15) is 5.11 Å². The van der Waals surface area contributed by atoms with Crippen LogP contribution in [0.15, 0.2) is 10.7 Å². The van der Waals surface area contributed by atoms with E-state index in [4.69, 9.17) is 11.6 Å². The normalized spacial score (nSPS) is 17.8. The van der Waals surface area contributed by atoms with Crippen LogP contribution in [0.4, 0.5) is 5.82 Å². The summed E-state index contributed by atoms with van der Waals surface area (Å²) in [6.07, 6.45) is 1.67. The molecule has 1 aliphatic heterocycles. The van der Waals surface area contributed by atoms with E-state index in [1.54, 1.807) is 6.20 Å². The topological polar surface area (TPSA) is 52.5 Å². The summed E-state index contributed by atoms with van der Waals surface area (Å²) in [7, 11) is 0. The number of anilines is 1. The first-order valence-electron chi connectivity index (χ1n) is 6.23. The summed E-state index contributed by atoms with van der Waals surface area (Å²) in [6, 6.07) is 0.